The summed E-state index contributed by atoms with van der Waals surface area (Å²) in [5.74, 6) is 0.119. The molecule has 1 atom stereocenters. The molecule has 1 aliphatic heterocycles. The van der Waals surface area contributed by atoms with Crippen molar-refractivity contribution in [2.75, 3.05) is 13.1 Å². The molecular formula is C12H22N2O3S. The van der Waals surface area contributed by atoms with Crippen molar-refractivity contribution < 1.29 is 13.2 Å². The van der Waals surface area contributed by atoms with Gasteiger partial charge in [0.25, 0.3) is 0 Å². The number of rotatable bonds is 2. The van der Waals surface area contributed by atoms with Gasteiger partial charge < -0.3 is 4.90 Å². The number of piperidine rings is 1. The Hall–Kier alpha value is -0.620. The molecule has 1 saturated heterocycles. The number of carbonyl (C=O) groups excluding carboxylic acids is 1. The Kier molecular flexibility index (Phi) is 3.69. The highest BCUT2D eigenvalue weighted by molar-refractivity contribution is 7.89. The van der Waals surface area contributed by atoms with Crippen molar-refractivity contribution in [3.05, 3.63) is 0 Å². The number of sulfonamides is 1. The van der Waals surface area contributed by atoms with Gasteiger partial charge in [-0.2, -0.15) is 0 Å². The van der Waals surface area contributed by atoms with Crippen molar-refractivity contribution in [1.29, 1.82) is 0 Å². The van der Waals surface area contributed by atoms with Crippen molar-refractivity contribution >= 4 is 15.9 Å². The lowest BCUT2D eigenvalue weighted by Gasteiger charge is -2.36. The minimum atomic E-state index is -3.53. The van der Waals surface area contributed by atoms with E-state index in [4.69, 9.17) is 5.14 Å². The molecule has 0 spiro atoms. The summed E-state index contributed by atoms with van der Waals surface area (Å²) in [6.07, 6.45) is 5.32. The van der Waals surface area contributed by atoms with Crippen LogP contribution in [0, 0.1) is 5.41 Å². The van der Waals surface area contributed by atoms with Crippen molar-refractivity contribution in [3.63, 3.8) is 0 Å². The van der Waals surface area contributed by atoms with E-state index in [9.17, 15) is 13.2 Å². The van der Waals surface area contributed by atoms with E-state index in [0.717, 1.165) is 32.1 Å². The fourth-order valence-electron chi connectivity index (χ4n) is 3.14. The van der Waals surface area contributed by atoms with Gasteiger partial charge in [-0.25, -0.2) is 13.6 Å². The van der Waals surface area contributed by atoms with Crippen LogP contribution < -0.4 is 5.14 Å². The van der Waals surface area contributed by atoms with Crippen LogP contribution in [-0.4, -0.2) is 37.6 Å². The van der Waals surface area contributed by atoms with E-state index in [2.05, 4.69) is 0 Å². The molecular weight excluding hydrogens is 252 g/mol. The average molecular weight is 274 g/mol. The van der Waals surface area contributed by atoms with Crippen molar-refractivity contribution in [2.24, 2.45) is 10.6 Å². The van der Waals surface area contributed by atoms with Crippen LogP contribution in [0.2, 0.25) is 0 Å². The van der Waals surface area contributed by atoms with Gasteiger partial charge in [0.2, 0.25) is 15.9 Å². The molecule has 5 nitrogen and oxygen atoms in total. The Balaban J connectivity index is 2.07. The molecule has 0 aromatic rings. The molecule has 0 bridgehead atoms. The number of likely N-dealkylation sites (tertiary alicyclic amines) is 1. The zero-order chi connectivity index (χ0) is 13.4. The minimum Gasteiger partial charge on any atom is -0.341 e. The second-order valence-corrected chi connectivity index (χ2v) is 7.72. The van der Waals surface area contributed by atoms with Crippen LogP contribution in [-0.2, 0) is 14.8 Å². The largest absolute Gasteiger partial charge is 0.341 e. The summed E-state index contributed by atoms with van der Waals surface area (Å²) in [6.45, 7) is 2.94. The minimum absolute atomic E-state index is 0.119. The molecule has 2 rings (SSSR count). The van der Waals surface area contributed by atoms with Gasteiger partial charge in [0.1, 0.15) is 0 Å². The quantitative estimate of drug-likeness (QED) is 0.810. The lowest BCUT2D eigenvalue weighted by atomic mass is 9.86. The highest BCUT2D eigenvalue weighted by Crippen LogP contribution is 2.39. The number of primary sulfonamides is 1. The van der Waals surface area contributed by atoms with Gasteiger partial charge in [-0.15, -0.1) is 0 Å². The molecule has 2 aliphatic rings. The first-order chi connectivity index (χ1) is 8.33. The van der Waals surface area contributed by atoms with Crippen LogP contribution in [0.4, 0.5) is 0 Å². The predicted octanol–water partition coefficient (Wildman–Crippen LogP) is 0.846. The Bertz CT molecular complexity index is 427. The van der Waals surface area contributed by atoms with Crippen LogP contribution in [0.15, 0.2) is 0 Å². The third-order valence-electron chi connectivity index (χ3n) is 4.35. The summed E-state index contributed by atoms with van der Waals surface area (Å²) in [4.78, 5) is 14.2. The number of carbonyl (C=O) groups is 1. The van der Waals surface area contributed by atoms with Crippen LogP contribution in [0.5, 0.6) is 0 Å². The van der Waals surface area contributed by atoms with Crippen LogP contribution in [0.1, 0.15) is 45.4 Å². The molecule has 1 amide bonds. The lowest BCUT2D eigenvalue weighted by molar-refractivity contribution is -0.141. The van der Waals surface area contributed by atoms with Gasteiger partial charge >= 0.3 is 0 Å². The monoisotopic (exact) mass is 274 g/mol. The Morgan fingerprint density at radius 2 is 1.89 bits per heavy atom. The molecule has 1 saturated carbocycles. The summed E-state index contributed by atoms with van der Waals surface area (Å²) in [6, 6.07) is 0. The van der Waals surface area contributed by atoms with Gasteiger partial charge in [-0.3, -0.25) is 4.79 Å². The smallest absolute Gasteiger partial charge is 0.228 e. The van der Waals surface area contributed by atoms with Crippen LogP contribution >= 0.6 is 0 Å². The number of nitrogens with two attached hydrogens (primary N) is 1. The average Bonchev–Trinajstić information content (AvgIpc) is 2.75. The van der Waals surface area contributed by atoms with Crippen LogP contribution in [0.3, 0.4) is 0 Å². The maximum Gasteiger partial charge on any atom is 0.228 e. The zero-order valence-corrected chi connectivity index (χ0v) is 11.7. The third kappa shape index (κ3) is 2.69. The fraction of sp³-hybridized carbons (Fsp3) is 0.917. The summed E-state index contributed by atoms with van der Waals surface area (Å²) in [7, 11) is -3.53. The molecule has 1 aliphatic carbocycles. The molecule has 0 aromatic carbocycles. The number of hydrogen-bond acceptors (Lipinski definition) is 3. The van der Waals surface area contributed by atoms with Gasteiger partial charge in [0.15, 0.2) is 0 Å². The van der Waals surface area contributed by atoms with E-state index < -0.39 is 15.3 Å². The summed E-state index contributed by atoms with van der Waals surface area (Å²) in [5, 5.41) is 4.61. The van der Waals surface area contributed by atoms with E-state index >= 15 is 0 Å². The summed E-state index contributed by atoms with van der Waals surface area (Å²) < 4.78 is 22.8. The predicted molar refractivity (Wildman–Crippen MR) is 69.3 cm³/mol. The zero-order valence-electron chi connectivity index (χ0n) is 10.9. The van der Waals surface area contributed by atoms with Crippen LogP contribution in [0.25, 0.3) is 0 Å². The maximum atomic E-state index is 12.5. The molecule has 1 unspecified atom stereocenters. The van der Waals surface area contributed by atoms with Gasteiger partial charge in [-0.05, 0) is 25.7 Å². The van der Waals surface area contributed by atoms with Gasteiger partial charge in [0, 0.05) is 18.5 Å². The highest BCUT2D eigenvalue weighted by atomic mass is 32.2. The first-order valence-electron chi connectivity index (χ1n) is 6.64. The van der Waals surface area contributed by atoms with E-state index in [-0.39, 0.29) is 17.9 Å². The van der Waals surface area contributed by atoms with E-state index in [1.54, 1.807) is 4.90 Å². The topological polar surface area (TPSA) is 80.5 Å². The molecule has 2 N–H and O–H groups in total. The molecule has 18 heavy (non-hydrogen) atoms. The lowest BCUT2D eigenvalue weighted by Crippen LogP contribution is -2.50. The molecule has 0 radical (unpaired) electrons. The summed E-state index contributed by atoms with van der Waals surface area (Å²) in [5.41, 5.74) is -0.278. The molecule has 2 fully saturated rings. The number of nitrogens with zero attached hydrogens (tertiary/aromatic N) is 1. The van der Waals surface area contributed by atoms with Gasteiger partial charge in [-0.1, -0.05) is 19.8 Å². The standard InChI is InChI=1S/C12H22N2O3S/c1-12(6-2-3-7-12)11(15)14-8-4-5-10(9-14)18(13,16)17/h10H,2-9H2,1H3,(H2,13,16,17). The first kappa shape index (κ1) is 13.8. The fourth-order valence-corrected chi connectivity index (χ4v) is 4.02. The van der Waals surface area contributed by atoms with Crippen molar-refractivity contribution in [1.82, 2.24) is 4.90 Å². The Morgan fingerprint density at radius 3 is 2.44 bits per heavy atom. The second-order valence-electron chi connectivity index (χ2n) is 5.87. The number of amides is 1. The second kappa shape index (κ2) is 4.81. The van der Waals surface area contributed by atoms with E-state index in [1.165, 1.54) is 0 Å². The Morgan fingerprint density at radius 1 is 1.28 bits per heavy atom. The molecule has 104 valence electrons. The molecule has 0 aromatic heterocycles. The van der Waals surface area contributed by atoms with E-state index in [0.29, 0.717) is 13.0 Å². The SMILES string of the molecule is CC1(C(=O)N2CCCC(S(N)(=O)=O)C2)CCCC1. The van der Waals surface area contributed by atoms with Crippen molar-refractivity contribution in [2.45, 2.75) is 50.7 Å². The Labute approximate surface area is 109 Å². The molecule has 1 heterocycles. The molecule has 6 heteroatoms. The third-order valence-corrected chi connectivity index (χ3v) is 5.67. The van der Waals surface area contributed by atoms with Crippen molar-refractivity contribution in [3.8, 4) is 0 Å². The first-order valence-corrected chi connectivity index (χ1v) is 8.25. The normalized spacial score (nSPS) is 28.3. The number of hydrogen-bond donors (Lipinski definition) is 1. The van der Waals surface area contributed by atoms with E-state index in [1.807, 2.05) is 6.92 Å². The summed E-state index contributed by atoms with van der Waals surface area (Å²) >= 11 is 0. The highest BCUT2D eigenvalue weighted by Gasteiger charge is 2.41. The van der Waals surface area contributed by atoms with Gasteiger partial charge in [0.05, 0.1) is 5.25 Å². The maximum absolute atomic E-state index is 12.5.